The predicted molar refractivity (Wildman–Crippen MR) is 72.2 cm³/mol. The van der Waals surface area contributed by atoms with Gasteiger partial charge in [0.15, 0.2) is 0 Å². The summed E-state index contributed by atoms with van der Waals surface area (Å²) in [5, 5.41) is 7.26. The van der Waals surface area contributed by atoms with Gasteiger partial charge in [0, 0.05) is 25.5 Å². The maximum Gasteiger partial charge on any atom is 0.256 e. The van der Waals surface area contributed by atoms with Crippen molar-refractivity contribution in [2.75, 3.05) is 0 Å². The second-order valence-corrected chi connectivity index (χ2v) is 5.20. The van der Waals surface area contributed by atoms with Gasteiger partial charge in [-0.1, -0.05) is 0 Å². The molecular formula is C14H18N4O. The molecule has 1 N–H and O–H groups in total. The van der Waals surface area contributed by atoms with Crippen molar-refractivity contribution in [3.05, 3.63) is 36.3 Å². The van der Waals surface area contributed by atoms with E-state index in [4.69, 9.17) is 0 Å². The molecule has 2 aromatic heterocycles. The number of nitrogens with zero attached hydrogens (tertiary/aromatic N) is 3. The fraction of sp³-hybridized carbons (Fsp3) is 0.429. The number of nitrogens with one attached hydrogen (secondary N) is 1. The first-order valence-electron chi connectivity index (χ1n) is 6.63. The van der Waals surface area contributed by atoms with Crippen LogP contribution in [-0.2, 0) is 7.05 Å². The largest absolute Gasteiger partial charge is 0.349 e. The van der Waals surface area contributed by atoms with Gasteiger partial charge >= 0.3 is 0 Å². The molecule has 100 valence electrons. The minimum atomic E-state index is -0.0452. The molecule has 0 aromatic carbocycles. The van der Waals surface area contributed by atoms with Crippen LogP contribution in [0.3, 0.4) is 0 Å². The van der Waals surface area contributed by atoms with E-state index in [0.29, 0.717) is 11.5 Å². The van der Waals surface area contributed by atoms with Crippen LogP contribution in [0.1, 0.15) is 30.1 Å². The van der Waals surface area contributed by atoms with Crippen molar-refractivity contribution in [2.24, 2.45) is 13.0 Å². The number of aromatic nitrogens is 3. The molecule has 1 aliphatic rings. The molecule has 0 bridgehead atoms. The lowest BCUT2D eigenvalue weighted by Gasteiger charge is -2.13. The van der Waals surface area contributed by atoms with E-state index in [0.717, 1.165) is 5.82 Å². The van der Waals surface area contributed by atoms with Gasteiger partial charge in [-0.15, -0.1) is 0 Å². The highest BCUT2D eigenvalue weighted by Gasteiger charge is 2.30. The van der Waals surface area contributed by atoms with Gasteiger partial charge in [-0.25, -0.2) is 0 Å². The molecular weight excluding hydrogens is 240 g/mol. The number of amides is 1. The van der Waals surface area contributed by atoms with Crippen LogP contribution in [0.5, 0.6) is 0 Å². The van der Waals surface area contributed by atoms with Crippen molar-refractivity contribution in [2.45, 2.75) is 25.8 Å². The van der Waals surface area contributed by atoms with Crippen LogP contribution in [0.2, 0.25) is 0 Å². The summed E-state index contributed by atoms with van der Waals surface area (Å²) >= 11 is 0. The summed E-state index contributed by atoms with van der Waals surface area (Å²) in [4.78, 5) is 12.3. The van der Waals surface area contributed by atoms with Gasteiger partial charge in [0.05, 0.1) is 6.20 Å². The van der Waals surface area contributed by atoms with Gasteiger partial charge in [-0.05, 0) is 37.8 Å². The Morgan fingerprint density at radius 3 is 2.74 bits per heavy atom. The minimum absolute atomic E-state index is 0.0452. The zero-order valence-electron chi connectivity index (χ0n) is 11.2. The second kappa shape index (κ2) is 4.57. The average molecular weight is 258 g/mol. The third kappa shape index (κ3) is 2.28. The van der Waals surface area contributed by atoms with E-state index in [1.54, 1.807) is 10.9 Å². The van der Waals surface area contributed by atoms with Crippen molar-refractivity contribution < 1.29 is 4.79 Å². The Hall–Kier alpha value is -2.04. The molecule has 1 atom stereocenters. The lowest BCUT2D eigenvalue weighted by molar-refractivity contribution is 0.0936. The van der Waals surface area contributed by atoms with Crippen molar-refractivity contribution in [3.63, 3.8) is 0 Å². The summed E-state index contributed by atoms with van der Waals surface area (Å²) in [7, 11) is 1.84. The van der Waals surface area contributed by atoms with Gasteiger partial charge in [0.1, 0.15) is 11.4 Å². The Morgan fingerprint density at radius 2 is 2.11 bits per heavy atom. The highest BCUT2D eigenvalue weighted by Crippen LogP contribution is 2.32. The molecule has 2 heterocycles. The van der Waals surface area contributed by atoms with E-state index >= 15 is 0 Å². The summed E-state index contributed by atoms with van der Waals surface area (Å²) in [5.41, 5.74) is 0.617. The van der Waals surface area contributed by atoms with Gasteiger partial charge < -0.3 is 9.88 Å². The molecule has 3 rings (SSSR count). The maximum absolute atomic E-state index is 12.3. The third-order valence-electron chi connectivity index (χ3n) is 3.69. The lowest BCUT2D eigenvalue weighted by atomic mass is 10.2. The smallest absolute Gasteiger partial charge is 0.256 e. The monoisotopic (exact) mass is 258 g/mol. The van der Waals surface area contributed by atoms with E-state index in [1.807, 2.05) is 36.1 Å². The third-order valence-corrected chi connectivity index (χ3v) is 3.69. The molecule has 1 unspecified atom stereocenters. The summed E-state index contributed by atoms with van der Waals surface area (Å²) in [6.07, 6.45) is 7.90. The molecule has 0 saturated heterocycles. The van der Waals surface area contributed by atoms with E-state index in [1.165, 1.54) is 12.8 Å². The number of rotatable bonds is 4. The van der Waals surface area contributed by atoms with E-state index in [9.17, 15) is 4.79 Å². The second-order valence-electron chi connectivity index (χ2n) is 5.20. The SMILES string of the molecule is CC(NC(=O)c1cnn(C)c1-n1cccc1)C1CC1. The Labute approximate surface area is 112 Å². The number of carbonyl (C=O) groups is 1. The van der Waals surface area contributed by atoms with Crippen LogP contribution in [0.15, 0.2) is 30.7 Å². The number of aryl methyl sites for hydroxylation is 1. The van der Waals surface area contributed by atoms with Crippen molar-refractivity contribution in [1.82, 2.24) is 19.7 Å². The van der Waals surface area contributed by atoms with E-state index in [-0.39, 0.29) is 11.9 Å². The molecule has 1 saturated carbocycles. The van der Waals surface area contributed by atoms with Crippen LogP contribution >= 0.6 is 0 Å². The number of hydrogen-bond donors (Lipinski definition) is 1. The van der Waals surface area contributed by atoms with Crippen LogP contribution in [-0.4, -0.2) is 26.3 Å². The zero-order chi connectivity index (χ0) is 13.4. The van der Waals surface area contributed by atoms with Gasteiger partial charge in [-0.3, -0.25) is 9.48 Å². The van der Waals surface area contributed by atoms with Gasteiger partial charge in [-0.2, -0.15) is 5.10 Å². The Morgan fingerprint density at radius 1 is 1.42 bits per heavy atom. The number of hydrogen-bond acceptors (Lipinski definition) is 2. The first-order valence-corrected chi connectivity index (χ1v) is 6.63. The van der Waals surface area contributed by atoms with Crippen LogP contribution in [0, 0.1) is 5.92 Å². The van der Waals surface area contributed by atoms with Crippen molar-refractivity contribution in [1.29, 1.82) is 0 Å². The lowest BCUT2D eigenvalue weighted by Crippen LogP contribution is -2.34. The average Bonchev–Trinajstić information content (AvgIpc) is 2.96. The zero-order valence-corrected chi connectivity index (χ0v) is 11.2. The molecule has 1 amide bonds. The minimum Gasteiger partial charge on any atom is -0.349 e. The summed E-state index contributed by atoms with van der Waals surface area (Å²) < 4.78 is 3.63. The molecule has 1 fully saturated rings. The molecule has 2 aromatic rings. The Balaban J connectivity index is 1.86. The first-order chi connectivity index (χ1) is 9.16. The normalized spacial score (nSPS) is 16.3. The van der Waals surface area contributed by atoms with Crippen molar-refractivity contribution in [3.8, 4) is 5.82 Å². The highest BCUT2D eigenvalue weighted by atomic mass is 16.1. The van der Waals surface area contributed by atoms with E-state index in [2.05, 4.69) is 17.3 Å². The van der Waals surface area contributed by atoms with Crippen LogP contribution in [0.4, 0.5) is 0 Å². The Bertz CT molecular complexity index is 581. The molecule has 5 heteroatoms. The molecule has 19 heavy (non-hydrogen) atoms. The molecule has 0 aliphatic heterocycles. The quantitative estimate of drug-likeness (QED) is 0.908. The highest BCUT2D eigenvalue weighted by molar-refractivity contribution is 5.97. The van der Waals surface area contributed by atoms with Gasteiger partial charge in [0.25, 0.3) is 5.91 Å². The van der Waals surface area contributed by atoms with Crippen molar-refractivity contribution >= 4 is 5.91 Å². The Kier molecular flexibility index (Phi) is 2.89. The summed E-state index contributed by atoms with van der Waals surface area (Å²) in [5.74, 6) is 1.40. The fourth-order valence-electron chi connectivity index (χ4n) is 2.37. The van der Waals surface area contributed by atoms with Gasteiger partial charge in [0.2, 0.25) is 0 Å². The van der Waals surface area contributed by atoms with Crippen LogP contribution in [0.25, 0.3) is 5.82 Å². The van der Waals surface area contributed by atoms with Crippen LogP contribution < -0.4 is 5.32 Å². The predicted octanol–water partition coefficient (Wildman–Crippen LogP) is 1.74. The molecule has 0 spiro atoms. The standard InChI is InChI=1S/C14H18N4O/c1-10(11-5-6-11)16-13(19)12-9-15-17(2)14(12)18-7-3-4-8-18/h3-4,7-11H,5-6H2,1-2H3,(H,16,19). The molecule has 1 aliphatic carbocycles. The fourth-order valence-corrected chi connectivity index (χ4v) is 2.37. The van der Waals surface area contributed by atoms with E-state index < -0.39 is 0 Å². The molecule has 0 radical (unpaired) electrons. The summed E-state index contributed by atoms with van der Waals surface area (Å²) in [6.45, 7) is 2.07. The molecule has 5 nitrogen and oxygen atoms in total. The first kappa shape index (κ1) is 12.0. The topological polar surface area (TPSA) is 51.9 Å². The number of carbonyl (C=O) groups excluding carboxylic acids is 1. The maximum atomic E-state index is 12.3. The summed E-state index contributed by atoms with van der Waals surface area (Å²) in [6, 6.07) is 4.11.